The number of sulfone groups is 1. The maximum absolute atomic E-state index is 12.2. The molecule has 0 aliphatic rings. The number of halogens is 2. The highest BCUT2D eigenvalue weighted by Crippen LogP contribution is 2.15. The van der Waals surface area contributed by atoms with Crippen LogP contribution < -0.4 is 15.4 Å². The molecule has 1 rings (SSSR count). The lowest BCUT2D eigenvalue weighted by molar-refractivity contribution is -0.0498. The fourth-order valence-electron chi connectivity index (χ4n) is 1.91. The summed E-state index contributed by atoms with van der Waals surface area (Å²) in [5.41, 5.74) is 0.750. The van der Waals surface area contributed by atoms with Crippen LogP contribution in [0.15, 0.2) is 29.3 Å². The van der Waals surface area contributed by atoms with Crippen LogP contribution in [0.2, 0.25) is 0 Å². The van der Waals surface area contributed by atoms with E-state index in [0.717, 1.165) is 5.56 Å². The summed E-state index contributed by atoms with van der Waals surface area (Å²) >= 11 is 0. The second kappa shape index (κ2) is 9.41. The van der Waals surface area contributed by atoms with Gasteiger partial charge in [0.1, 0.15) is 15.6 Å². The van der Waals surface area contributed by atoms with Crippen LogP contribution >= 0.6 is 0 Å². The number of rotatable bonds is 8. The molecule has 0 aromatic heterocycles. The summed E-state index contributed by atoms with van der Waals surface area (Å²) in [6.07, 6.45) is 1.65. The van der Waals surface area contributed by atoms with Gasteiger partial charge in [-0.25, -0.2) is 8.42 Å². The fraction of sp³-hybridized carbons (Fsp3) is 0.533. The number of hydrogen-bond acceptors (Lipinski definition) is 4. The summed E-state index contributed by atoms with van der Waals surface area (Å²) in [5, 5.41) is 6.12. The molecule has 0 fully saturated rings. The minimum absolute atomic E-state index is 0.0839. The van der Waals surface area contributed by atoms with E-state index in [-0.39, 0.29) is 17.5 Å². The van der Waals surface area contributed by atoms with Crippen molar-refractivity contribution < 1.29 is 21.9 Å². The number of guanidine groups is 1. The first-order valence-corrected chi connectivity index (χ1v) is 9.44. The molecule has 1 unspecified atom stereocenters. The van der Waals surface area contributed by atoms with Crippen molar-refractivity contribution in [2.45, 2.75) is 32.5 Å². The number of nitrogens with one attached hydrogen (secondary N) is 2. The lowest BCUT2D eigenvalue weighted by Crippen LogP contribution is -2.42. The van der Waals surface area contributed by atoms with E-state index >= 15 is 0 Å². The normalized spacial score (nSPS) is 13.7. The van der Waals surface area contributed by atoms with Crippen molar-refractivity contribution in [1.29, 1.82) is 0 Å². The van der Waals surface area contributed by atoms with E-state index in [9.17, 15) is 17.2 Å². The molecular weight excluding hydrogens is 340 g/mol. The molecule has 0 aliphatic heterocycles. The average molecular weight is 363 g/mol. The zero-order valence-corrected chi connectivity index (χ0v) is 14.7. The second-order valence-corrected chi connectivity index (χ2v) is 7.68. The van der Waals surface area contributed by atoms with Gasteiger partial charge in [-0.15, -0.1) is 0 Å². The Labute approximate surface area is 141 Å². The van der Waals surface area contributed by atoms with Crippen molar-refractivity contribution in [2.24, 2.45) is 4.99 Å². The molecule has 9 heteroatoms. The van der Waals surface area contributed by atoms with E-state index in [1.165, 1.54) is 18.4 Å². The van der Waals surface area contributed by atoms with Crippen LogP contribution in [-0.4, -0.2) is 46.1 Å². The smallest absolute Gasteiger partial charge is 0.387 e. The largest absolute Gasteiger partial charge is 0.435 e. The van der Waals surface area contributed by atoms with Crippen LogP contribution in [0.4, 0.5) is 8.78 Å². The molecule has 0 aliphatic carbocycles. The van der Waals surface area contributed by atoms with Gasteiger partial charge >= 0.3 is 6.61 Å². The van der Waals surface area contributed by atoms with E-state index < -0.39 is 16.4 Å². The quantitative estimate of drug-likeness (QED) is 0.544. The topological polar surface area (TPSA) is 79.8 Å². The third kappa shape index (κ3) is 8.66. The molecule has 0 saturated carbocycles. The number of hydrogen-bond donors (Lipinski definition) is 2. The first kappa shape index (κ1) is 20.1. The van der Waals surface area contributed by atoms with E-state index in [0.29, 0.717) is 18.9 Å². The third-order valence-electron chi connectivity index (χ3n) is 3.11. The molecule has 0 heterocycles. The molecule has 0 radical (unpaired) electrons. The van der Waals surface area contributed by atoms with Crippen LogP contribution in [0.25, 0.3) is 0 Å². The van der Waals surface area contributed by atoms with Crippen LogP contribution in [-0.2, 0) is 16.4 Å². The molecule has 2 N–H and O–H groups in total. The number of benzene rings is 1. The molecule has 24 heavy (non-hydrogen) atoms. The van der Waals surface area contributed by atoms with Gasteiger partial charge in [0.25, 0.3) is 0 Å². The third-order valence-corrected chi connectivity index (χ3v) is 4.09. The second-order valence-electron chi connectivity index (χ2n) is 5.42. The number of ether oxygens (including phenoxy) is 1. The van der Waals surface area contributed by atoms with Crippen LogP contribution in [0.5, 0.6) is 5.75 Å². The Morgan fingerprint density at radius 2 is 2.08 bits per heavy atom. The molecule has 0 saturated heterocycles. The Morgan fingerprint density at radius 1 is 1.38 bits per heavy atom. The monoisotopic (exact) mass is 363 g/mol. The van der Waals surface area contributed by atoms with Gasteiger partial charge in [0.05, 0.1) is 5.75 Å². The van der Waals surface area contributed by atoms with Crippen LogP contribution in [0.1, 0.15) is 18.9 Å². The van der Waals surface area contributed by atoms with Gasteiger partial charge in [0.15, 0.2) is 5.96 Å². The highest BCUT2D eigenvalue weighted by atomic mass is 32.2. The number of nitrogens with zero attached hydrogens (tertiary/aromatic N) is 1. The van der Waals surface area contributed by atoms with Crippen molar-refractivity contribution in [3.8, 4) is 5.75 Å². The lowest BCUT2D eigenvalue weighted by atomic mass is 10.2. The SMILES string of the molecule is CN=C(NCc1cccc(OC(F)F)c1)NC(C)CCS(C)(=O)=O. The molecule has 0 bridgehead atoms. The lowest BCUT2D eigenvalue weighted by Gasteiger charge is -2.17. The van der Waals surface area contributed by atoms with Crippen molar-refractivity contribution >= 4 is 15.8 Å². The maximum Gasteiger partial charge on any atom is 0.387 e. The minimum Gasteiger partial charge on any atom is -0.435 e. The van der Waals surface area contributed by atoms with Crippen molar-refractivity contribution in [3.05, 3.63) is 29.8 Å². The summed E-state index contributed by atoms with van der Waals surface area (Å²) < 4.78 is 51.1. The molecule has 0 spiro atoms. The molecule has 1 aromatic rings. The van der Waals surface area contributed by atoms with Gasteiger partial charge in [0.2, 0.25) is 0 Å². The summed E-state index contributed by atoms with van der Waals surface area (Å²) in [6, 6.07) is 6.28. The molecule has 0 amide bonds. The van der Waals surface area contributed by atoms with Crippen LogP contribution in [0.3, 0.4) is 0 Å². The Morgan fingerprint density at radius 3 is 2.67 bits per heavy atom. The zero-order chi connectivity index (χ0) is 18.2. The number of alkyl halides is 2. The van der Waals surface area contributed by atoms with Crippen molar-refractivity contribution in [3.63, 3.8) is 0 Å². The van der Waals surface area contributed by atoms with Gasteiger partial charge in [0, 0.05) is 25.9 Å². The minimum atomic E-state index is -3.01. The molecule has 136 valence electrons. The van der Waals surface area contributed by atoms with E-state index in [2.05, 4.69) is 20.4 Å². The first-order valence-electron chi connectivity index (χ1n) is 7.38. The highest BCUT2D eigenvalue weighted by Gasteiger charge is 2.10. The standard InChI is InChI=1S/C15H23F2N3O3S/c1-11(7-8-24(3,21)22)20-15(18-2)19-10-12-5-4-6-13(9-12)23-14(16)17/h4-6,9,11,14H,7-8,10H2,1-3H3,(H2,18,19,20). The van der Waals surface area contributed by atoms with Gasteiger partial charge in [-0.2, -0.15) is 8.78 Å². The fourth-order valence-corrected chi connectivity index (χ4v) is 2.69. The molecule has 1 aromatic carbocycles. The molecule has 1 atom stereocenters. The number of aliphatic imine (C=N–C) groups is 1. The van der Waals surface area contributed by atoms with Crippen LogP contribution in [0, 0.1) is 0 Å². The van der Waals surface area contributed by atoms with E-state index in [1.807, 2.05) is 6.92 Å². The van der Waals surface area contributed by atoms with Crippen molar-refractivity contribution in [2.75, 3.05) is 19.1 Å². The summed E-state index contributed by atoms with van der Waals surface area (Å²) in [6.45, 7) is -0.646. The van der Waals surface area contributed by atoms with E-state index in [1.54, 1.807) is 19.2 Å². The summed E-state index contributed by atoms with van der Waals surface area (Å²) in [4.78, 5) is 4.05. The molecule has 6 nitrogen and oxygen atoms in total. The maximum atomic E-state index is 12.2. The Kier molecular flexibility index (Phi) is 7.90. The predicted molar refractivity (Wildman–Crippen MR) is 90.2 cm³/mol. The van der Waals surface area contributed by atoms with Gasteiger partial charge < -0.3 is 15.4 Å². The highest BCUT2D eigenvalue weighted by molar-refractivity contribution is 7.90. The Balaban J connectivity index is 2.52. The van der Waals surface area contributed by atoms with Gasteiger partial charge in [-0.3, -0.25) is 4.99 Å². The van der Waals surface area contributed by atoms with Gasteiger partial charge in [-0.05, 0) is 31.0 Å². The van der Waals surface area contributed by atoms with Crippen molar-refractivity contribution in [1.82, 2.24) is 10.6 Å². The van der Waals surface area contributed by atoms with E-state index in [4.69, 9.17) is 0 Å². The zero-order valence-electron chi connectivity index (χ0n) is 13.9. The molecular formula is C15H23F2N3O3S. The predicted octanol–water partition coefficient (Wildman–Crippen LogP) is 1.78. The first-order chi connectivity index (χ1) is 11.2. The Hall–Kier alpha value is -1.90. The van der Waals surface area contributed by atoms with Gasteiger partial charge in [-0.1, -0.05) is 12.1 Å². The summed E-state index contributed by atoms with van der Waals surface area (Å²) in [7, 11) is -1.41. The summed E-state index contributed by atoms with van der Waals surface area (Å²) in [5.74, 6) is 0.676. The Bertz CT molecular complexity index is 651. The average Bonchev–Trinajstić information content (AvgIpc) is 2.48.